The molecule has 0 saturated carbocycles. The molecular weight excluding hydrogens is 368 g/mol. The Bertz CT molecular complexity index is 911. The number of aryl methyl sites for hydroxylation is 2. The lowest BCUT2D eigenvalue weighted by Crippen LogP contribution is -2.33. The molecule has 0 radical (unpaired) electrons. The highest BCUT2D eigenvalue weighted by atomic mass is 32.1. The first kappa shape index (κ1) is 22.0. The third-order valence-electron chi connectivity index (χ3n) is 6.10. The smallest absolute Gasteiger partial charge is 0.0426 e. The summed E-state index contributed by atoms with van der Waals surface area (Å²) in [7, 11) is 0. The van der Waals surface area contributed by atoms with Gasteiger partial charge in [0.25, 0.3) is 0 Å². The van der Waals surface area contributed by atoms with E-state index in [1.807, 2.05) is 0 Å². The van der Waals surface area contributed by atoms with Crippen LogP contribution >= 0.6 is 12.6 Å². The van der Waals surface area contributed by atoms with Gasteiger partial charge in [-0.2, -0.15) is 0 Å². The molecule has 2 aromatic carbocycles. The molecule has 0 saturated heterocycles. The molecular formula is C28H36S. The number of rotatable bonds is 2. The van der Waals surface area contributed by atoms with E-state index in [2.05, 4.69) is 123 Å². The van der Waals surface area contributed by atoms with Crippen LogP contribution < -0.4 is 0 Å². The van der Waals surface area contributed by atoms with Crippen LogP contribution in [0.2, 0.25) is 0 Å². The molecule has 0 bridgehead atoms. The number of benzene rings is 2. The maximum absolute atomic E-state index is 4.64. The standard InChI is InChI=1S/C28H36S/c1-19-9-11-22(26(3,4)5)24(17-19)28(15-13-21(29)14-16-28)25-18-20(2)10-12-23(25)27(6,7)8/h9-15,17-18,29H,16H2,1-8H3. The van der Waals surface area contributed by atoms with Crippen molar-refractivity contribution in [2.75, 3.05) is 0 Å². The zero-order chi connectivity index (χ0) is 21.6. The van der Waals surface area contributed by atoms with Crippen molar-refractivity contribution in [3.63, 3.8) is 0 Å². The van der Waals surface area contributed by atoms with Gasteiger partial charge in [-0.25, -0.2) is 0 Å². The summed E-state index contributed by atoms with van der Waals surface area (Å²) in [5.41, 5.74) is 8.27. The Kier molecular flexibility index (Phi) is 5.69. The molecule has 0 atom stereocenters. The zero-order valence-electron chi connectivity index (χ0n) is 19.4. The third kappa shape index (κ3) is 4.26. The van der Waals surface area contributed by atoms with E-state index in [0.717, 1.165) is 11.3 Å². The maximum atomic E-state index is 4.64. The van der Waals surface area contributed by atoms with Gasteiger partial charge in [-0.05, 0) is 58.3 Å². The number of thiol groups is 1. The molecule has 1 aliphatic carbocycles. The van der Waals surface area contributed by atoms with Crippen LogP contribution in [0.15, 0.2) is 59.5 Å². The minimum Gasteiger partial charge on any atom is -0.144 e. The molecule has 0 nitrogen and oxygen atoms in total. The fourth-order valence-electron chi connectivity index (χ4n) is 4.54. The van der Waals surface area contributed by atoms with E-state index in [-0.39, 0.29) is 16.2 Å². The summed E-state index contributed by atoms with van der Waals surface area (Å²) in [5.74, 6) is 0. The summed E-state index contributed by atoms with van der Waals surface area (Å²) >= 11 is 4.64. The van der Waals surface area contributed by atoms with Crippen LogP contribution in [0.25, 0.3) is 0 Å². The Labute approximate surface area is 183 Å². The Morgan fingerprint density at radius 3 is 1.55 bits per heavy atom. The van der Waals surface area contributed by atoms with Crippen molar-refractivity contribution in [1.82, 2.24) is 0 Å². The fraction of sp³-hybridized carbons (Fsp3) is 0.429. The second-order valence-electron chi connectivity index (χ2n) is 10.7. The Morgan fingerprint density at radius 1 is 0.759 bits per heavy atom. The predicted octanol–water partition coefficient (Wildman–Crippen LogP) is 7.96. The summed E-state index contributed by atoms with van der Waals surface area (Å²) in [6.45, 7) is 18.3. The van der Waals surface area contributed by atoms with Gasteiger partial charge in [0, 0.05) is 5.41 Å². The van der Waals surface area contributed by atoms with E-state index >= 15 is 0 Å². The SMILES string of the molecule is Cc1ccc(C(C)(C)C)c(C2(c3cc(C)ccc3C(C)(C)C)C=CC(S)=CC2)c1. The van der Waals surface area contributed by atoms with Crippen LogP contribution in [0.4, 0.5) is 0 Å². The van der Waals surface area contributed by atoms with Crippen LogP contribution in [0, 0.1) is 13.8 Å². The minimum atomic E-state index is -0.185. The molecule has 0 N–H and O–H groups in total. The Hall–Kier alpha value is -1.73. The molecule has 0 fully saturated rings. The molecule has 0 heterocycles. The molecule has 0 spiro atoms. The quantitative estimate of drug-likeness (QED) is 0.482. The van der Waals surface area contributed by atoms with Gasteiger partial charge in [0.2, 0.25) is 0 Å². The zero-order valence-corrected chi connectivity index (χ0v) is 20.2. The van der Waals surface area contributed by atoms with Crippen molar-refractivity contribution in [2.24, 2.45) is 0 Å². The lowest BCUT2D eigenvalue weighted by molar-refractivity contribution is 0.530. The van der Waals surface area contributed by atoms with E-state index in [1.165, 1.54) is 33.4 Å². The average molecular weight is 405 g/mol. The van der Waals surface area contributed by atoms with E-state index in [4.69, 9.17) is 0 Å². The Morgan fingerprint density at radius 2 is 1.21 bits per heavy atom. The van der Waals surface area contributed by atoms with Crippen LogP contribution in [-0.4, -0.2) is 0 Å². The van der Waals surface area contributed by atoms with Gasteiger partial charge in [0.15, 0.2) is 0 Å². The lowest BCUT2D eigenvalue weighted by Gasteiger charge is -2.41. The number of hydrogen-bond donors (Lipinski definition) is 1. The van der Waals surface area contributed by atoms with Crippen LogP contribution in [-0.2, 0) is 16.2 Å². The van der Waals surface area contributed by atoms with Crippen LogP contribution in [0.3, 0.4) is 0 Å². The molecule has 0 aliphatic heterocycles. The second-order valence-corrected chi connectivity index (χ2v) is 11.3. The van der Waals surface area contributed by atoms with Crippen molar-refractivity contribution in [3.05, 3.63) is 92.9 Å². The molecule has 2 aromatic rings. The van der Waals surface area contributed by atoms with Crippen molar-refractivity contribution >= 4 is 12.6 Å². The summed E-state index contributed by atoms with van der Waals surface area (Å²) in [6, 6.07) is 14.0. The summed E-state index contributed by atoms with van der Waals surface area (Å²) < 4.78 is 0. The number of allylic oxidation sites excluding steroid dienone is 3. The first-order chi connectivity index (χ1) is 13.3. The van der Waals surface area contributed by atoms with E-state index in [9.17, 15) is 0 Å². The third-order valence-corrected chi connectivity index (χ3v) is 6.43. The van der Waals surface area contributed by atoms with Gasteiger partial charge < -0.3 is 0 Å². The minimum absolute atomic E-state index is 0.0700. The van der Waals surface area contributed by atoms with Crippen molar-refractivity contribution in [2.45, 2.75) is 78.1 Å². The largest absolute Gasteiger partial charge is 0.144 e. The summed E-state index contributed by atoms with van der Waals surface area (Å²) in [6.07, 6.45) is 7.81. The van der Waals surface area contributed by atoms with Gasteiger partial charge in [0.1, 0.15) is 0 Å². The summed E-state index contributed by atoms with van der Waals surface area (Å²) in [4.78, 5) is 1.05. The van der Waals surface area contributed by atoms with E-state index < -0.39 is 0 Å². The lowest BCUT2D eigenvalue weighted by atomic mass is 9.62. The molecule has 154 valence electrons. The second kappa shape index (κ2) is 7.51. The molecule has 0 unspecified atom stereocenters. The predicted molar refractivity (Wildman–Crippen MR) is 131 cm³/mol. The van der Waals surface area contributed by atoms with Gasteiger partial charge in [-0.3, -0.25) is 0 Å². The fourth-order valence-corrected chi connectivity index (χ4v) is 4.70. The van der Waals surface area contributed by atoms with E-state index in [1.54, 1.807) is 0 Å². The topological polar surface area (TPSA) is 0 Å². The summed E-state index contributed by atoms with van der Waals surface area (Å²) in [5, 5.41) is 0. The highest BCUT2D eigenvalue weighted by Crippen LogP contribution is 2.48. The van der Waals surface area contributed by atoms with Crippen molar-refractivity contribution < 1.29 is 0 Å². The highest BCUT2D eigenvalue weighted by Gasteiger charge is 2.39. The Balaban J connectivity index is 2.43. The normalized spacial score (nSPS) is 16.7. The number of hydrogen-bond acceptors (Lipinski definition) is 1. The van der Waals surface area contributed by atoms with Crippen LogP contribution in [0.5, 0.6) is 0 Å². The van der Waals surface area contributed by atoms with Crippen molar-refractivity contribution in [1.29, 1.82) is 0 Å². The van der Waals surface area contributed by atoms with Gasteiger partial charge in [0.05, 0.1) is 0 Å². The van der Waals surface area contributed by atoms with Crippen LogP contribution in [0.1, 0.15) is 81.3 Å². The van der Waals surface area contributed by atoms with Gasteiger partial charge >= 0.3 is 0 Å². The van der Waals surface area contributed by atoms with E-state index in [0.29, 0.717) is 0 Å². The molecule has 3 rings (SSSR count). The maximum Gasteiger partial charge on any atom is 0.0426 e. The average Bonchev–Trinajstić information content (AvgIpc) is 2.60. The van der Waals surface area contributed by atoms with Crippen molar-refractivity contribution in [3.8, 4) is 0 Å². The first-order valence-corrected chi connectivity index (χ1v) is 11.1. The molecule has 29 heavy (non-hydrogen) atoms. The van der Waals surface area contributed by atoms with Gasteiger partial charge in [-0.1, -0.05) is 107 Å². The molecule has 0 amide bonds. The first-order valence-electron chi connectivity index (χ1n) is 10.7. The molecule has 1 aliphatic rings. The van der Waals surface area contributed by atoms with Gasteiger partial charge in [-0.15, -0.1) is 12.6 Å². The highest BCUT2D eigenvalue weighted by molar-refractivity contribution is 7.84. The molecule has 1 heteroatoms. The molecule has 0 aromatic heterocycles. The monoisotopic (exact) mass is 404 g/mol.